The molecule has 0 radical (unpaired) electrons. The molecule has 6 rings (SSSR count). The van der Waals surface area contributed by atoms with Crippen molar-refractivity contribution < 1.29 is 0 Å². The lowest BCUT2D eigenvalue weighted by molar-refractivity contribution is 1.08. The van der Waals surface area contributed by atoms with E-state index < -0.39 is 0 Å². The highest BCUT2D eigenvalue weighted by Crippen LogP contribution is 2.29. The van der Waals surface area contributed by atoms with E-state index in [9.17, 15) is 0 Å². The third-order valence-corrected chi connectivity index (χ3v) is 10.3. The van der Waals surface area contributed by atoms with E-state index in [0.717, 1.165) is 28.9 Å². The summed E-state index contributed by atoms with van der Waals surface area (Å²) in [6.45, 7) is 15.4. The summed E-state index contributed by atoms with van der Waals surface area (Å²) in [4.78, 5) is 2.36. The molecule has 0 saturated heterocycles. The molecule has 0 fully saturated rings. The third kappa shape index (κ3) is 11.4. The molecule has 0 saturated carbocycles. The first kappa shape index (κ1) is 40.9. The number of allylic oxidation sites excluding steroid dienone is 9. The van der Waals surface area contributed by atoms with Crippen LogP contribution < -0.4 is 4.90 Å². The van der Waals surface area contributed by atoms with Gasteiger partial charge in [0.15, 0.2) is 0 Å². The smallest absolute Gasteiger partial charge is 0.0415 e. The summed E-state index contributed by atoms with van der Waals surface area (Å²) < 4.78 is 0. The lowest BCUT2D eigenvalue weighted by Gasteiger charge is -2.24. The lowest BCUT2D eigenvalue weighted by atomic mass is 9.96. The number of hydrogen-bond donors (Lipinski definition) is 0. The van der Waals surface area contributed by atoms with E-state index in [2.05, 4.69) is 246 Å². The van der Waals surface area contributed by atoms with Gasteiger partial charge in [0, 0.05) is 17.9 Å². The van der Waals surface area contributed by atoms with Crippen LogP contribution in [-0.2, 0) is 6.42 Å². The van der Waals surface area contributed by atoms with Gasteiger partial charge in [0.1, 0.15) is 0 Å². The normalized spacial score (nSPS) is 11.6. The minimum Gasteiger partial charge on any atom is -0.338 e. The molecule has 0 aromatic heterocycles. The molecular formula is C57H55N. The maximum atomic E-state index is 4.01. The van der Waals surface area contributed by atoms with E-state index >= 15 is 0 Å². The lowest BCUT2D eigenvalue weighted by Crippen LogP contribution is -2.16. The summed E-state index contributed by atoms with van der Waals surface area (Å²) in [7, 11) is 0. The first-order chi connectivity index (χ1) is 28.3. The van der Waals surface area contributed by atoms with Crippen molar-refractivity contribution in [1.82, 2.24) is 0 Å². The van der Waals surface area contributed by atoms with Crippen LogP contribution >= 0.6 is 0 Å². The van der Waals surface area contributed by atoms with Crippen LogP contribution in [0.15, 0.2) is 212 Å². The molecule has 288 valence electrons. The predicted molar refractivity (Wildman–Crippen MR) is 254 cm³/mol. The Bertz CT molecular complexity index is 2330. The Hall–Kier alpha value is -6.70. The first-order valence-electron chi connectivity index (χ1n) is 20.3. The summed E-state index contributed by atoms with van der Waals surface area (Å²) in [5, 5.41) is 0. The molecule has 0 atom stereocenters. The second-order valence-corrected chi connectivity index (χ2v) is 14.9. The van der Waals surface area contributed by atoms with E-state index in [1.54, 1.807) is 0 Å². The van der Waals surface area contributed by atoms with Crippen molar-refractivity contribution >= 4 is 28.6 Å². The fourth-order valence-corrected chi connectivity index (χ4v) is 6.80. The van der Waals surface area contributed by atoms with E-state index in [4.69, 9.17) is 0 Å². The average Bonchev–Trinajstić information content (AvgIpc) is 3.25. The van der Waals surface area contributed by atoms with E-state index in [-0.39, 0.29) is 0 Å². The molecule has 0 unspecified atom stereocenters. The van der Waals surface area contributed by atoms with Gasteiger partial charge in [-0.15, -0.1) is 0 Å². The van der Waals surface area contributed by atoms with Gasteiger partial charge in [-0.3, -0.25) is 0 Å². The predicted octanol–water partition coefficient (Wildman–Crippen LogP) is 15.1. The summed E-state index contributed by atoms with van der Waals surface area (Å²) in [5.41, 5.74) is 18.1. The molecule has 0 aliphatic rings. The molecule has 0 bridgehead atoms. The molecule has 0 aliphatic heterocycles. The molecule has 6 aromatic rings. The largest absolute Gasteiger partial charge is 0.338 e. The van der Waals surface area contributed by atoms with Crippen LogP contribution in [0.25, 0.3) is 17.2 Å². The van der Waals surface area contributed by atoms with Crippen molar-refractivity contribution in [2.75, 3.05) is 11.4 Å². The maximum Gasteiger partial charge on any atom is 0.0415 e. The molecule has 0 N–H and O–H groups in total. The first-order valence-corrected chi connectivity index (χ1v) is 20.3. The second kappa shape index (κ2) is 20.5. The van der Waals surface area contributed by atoms with E-state index in [1.165, 1.54) is 61.2 Å². The molecule has 0 aliphatic carbocycles. The van der Waals surface area contributed by atoms with Crippen molar-refractivity contribution in [3.8, 4) is 0 Å². The number of anilines is 2. The Labute approximate surface area is 347 Å². The minimum absolute atomic E-state index is 0.704. The molecular weight excluding hydrogens is 699 g/mol. The van der Waals surface area contributed by atoms with Crippen LogP contribution in [0.2, 0.25) is 0 Å². The van der Waals surface area contributed by atoms with Gasteiger partial charge in [0.2, 0.25) is 0 Å². The molecule has 0 heterocycles. The quantitative estimate of drug-likeness (QED) is 0.0944. The molecule has 1 heteroatoms. The zero-order valence-electron chi connectivity index (χ0n) is 34.7. The van der Waals surface area contributed by atoms with E-state index in [0.29, 0.717) is 6.54 Å². The van der Waals surface area contributed by atoms with Crippen LogP contribution in [0, 0.1) is 27.7 Å². The topological polar surface area (TPSA) is 3.24 Å². The van der Waals surface area contributed by atoms with Gasteiger partial charge >= 0.3 is 0 Å². The van der Waals surface area contributed by atoms with Crippen molar-refractivity contribution in [3.63, 3.8) is 0 Å². The summed E-state index contributed by atoms with van der Waals surface area (Å²) in [6, 6.07) is 52.8. The minimum atomic E-state index is 0.704. The van der Waals surface area contributed by atoms with E-state index in [1.807, 2.05) is 6.08 Å². The highest BCUT2D eigenvalue weighted by molar-refractivity contribution is 5.82. The van der Waals surface area contributed by atoms with Crippen LogP contribution in [-0.4, -0.2) is 6.54 Å². The van der Waals surface area contributed by atoms with Gasteiger partial charge < -0.3 is 4.90 Å². The van der Waals surface area contributed by atoms with Crippen LogP contribution in [0.5, 0.6) is 0 Å². The van der Waals surface area contributed by atoms with Crippen LogP contribution in [0.1, 0.15) is 62.6 Å². The molecule has 0 spiro atoms. The highest BCUT2D eigenvalue weighted by Gasteiger charge is 2.09. The second-order valence-electron chi connectivity index (χ2n) is 14.9. The number of benzene rings is 6. The third-order valence-electron chi connectivity index (χ3n) is 10.3. The molecule has 0 amide bonds. The zero-order chi connectivity index (χ0) is 40.7. The number of rotatable bonds is 15. The average molecular weight is 754 g/mol. The van der Waals surface area contributed by atoms with Crippen molar-refractivity contribution in [1.29, 1.82) is 0 Å². The van der Waals surface area contributed by atoms with Gasteiger partial charge in [-0.1, -0.05) is 218 Å². The fraction of sp³-hybridized carbons (Fsp3) is 0.123. The Morgan fingerprint density at radius 1 is 0.483 bits per heavy atom. The van der Waals surface area contributed by atoms with Crippen LogP contribution in [0.4, 0.5) is 11.4 Å². The molecule has 58 heavy (non-hydrogen) atoms. The van der Waals surface area contributed by atoms with Crippen molar-refractivity contribution in [3.05, 3.63) is 268 Å². The van der Waals surface area contributed by atoms with Crippen molar-refractivity contribution in [2.24, 2.45) is 0 Å². The fourth-order valence-electron chi connectivity index (χ4n) is 6.80. The number of nitrogens with zero attached hydrogens (tertiary/aromatic N) is 1. The van der Waals surface area contributed by atoms with Crippen LogP contribution in [0.3, 0.4) is 0 Å². The Morgan fingerprint density at radius 2 is 0.897 bits per heavy atom. The summed E-state index contributed by atoms with van der Waals surface area (Å²) in [5.74, 6) is 0. The van der Waals surface area contributed by atoms with Gasteiger partial charge in [-0.25, -0.2) is 0 Å². The van der Waals surface area contributed by atoms with Gasteiger partial charge in [0.25, 0.3) is 0 Å². The number of hydrogen-bond acceptors (Lipinski definition) is 1. The summed E-state index contributed by atoms with van der Waals surface area (Å²) >= 11 is 0. The van der Waals surface area contributed by atoms with Gasteiger partial charge in [0.05, 0.1) is 0 Å². The Morgan fingerprint density at radius 3 is 1.31 bits per heavy atom. The zero-order valence-corrected chi connectivity index (χ0v) is 34.7. The Kier molecular flexibility index (Phi) is 14.4. The van der Waals surface area contributed by atoms with Crippen molar-refractivity contribution in [2.45, 2.75) is 41.0 Å². The van der Waals surface area contributed by atoms with Gasteiger partial charge in [-0.2, -0.15) is 0 Å². The summed E-state index contributed by atoms with van der Waals surface area (Å²) in [6.07, 6.45) is 22.4. The highest BCUT2D eigenvalue weighted by atomic mass is 15.1. The molecule has 1 nitrogen and oxygen atoms in total. The monoisotopic (exact) mass is 753 g/mol. The number of aryl methyl sites for hydroxylation is 5. The van der Waals surface area contributed by atoms with Gasteiger partial charge in [-0.05, 0) is 108 Å². The maximum absolute atomic E-state index is 4.01. The Balaban J connectivity index is 1.23. The molecule has 6 aromatic carbocycles. The standard InChI is InChI=1S/C57H55N/c1-7-12-48(13-9-16-56(50-30-18-43(3)19-31-50)51-32-20-44(4)21-33-51)15-11-42-58(54-38-26-47(8-2)27-39-54)55-40-28-49(29-41-55)14-10-17-57(52-34-22-45(5)23-35-52)53-36-24-46(6)25-37-53/h7,9-41H,1,8,42H2,2-6H3/b13-9+,14-10+,15-11-,48-12-. The SMILES string of the molecule is C=C/C=C(\C=C/CN(c1ccc(/C=C/C=C(c2ccc(C)cc2)c2ccc(C)cc2)cc1)c1ccc(CC)cc1)/C=C/C=C(c1ccc(C)cc1)c1ccc(C)cc1.